The van der Waals surface area contributed by atoms with Crippen molar-refractivity contribution in [2.75, 3.05) is 39.5 Å². The van der Waals surface area contributed by atoms with Crippen LogP contribution < -0.4 is 0 Å². The lowest BCUT2D eigenvalue weighted by molar-refractivity contribution is 0.0325. The number of benzene rings is 1. The average Bonchev–Trinajstić information content (AvgIpc) is 2.41. The van der Waals surface area contributed by atoms with Gasteiger partial charge in [-0.25, -0.2) is 0 Å². The van der Waals surface area contributed by atoms with Gasteiger partial charge in [-0.3, -0.25) is 4.90 Å². The molecule has 0 amide bonds. The predicted octanol–water partition coefficient (Wildman–Crippen LogP) is 1.83. The van der Waals surface area contributed by atoms with Gasteiger partial charge in [-0.2, -0.15) is 12.6 Å². The summed E-state index contributed by atoms with van der Waals surface area (Å²) >= 11 is 4.58. The van der Waals surface area contributed by atoms with Gasteiger partial charge in [0.2, 0.25) is 0 Å². The molecule has 1 aromatic carbocycles. The lowest BCUT2D eigenvalue weighted by atomic mass is 10.2. The van der Waals surface area contributed by atoms with Crippen molar-refractivity contribution in [3.05, 3.63) is 35.9 Å². The predicted molar refractivity (Wildman–Crippen MR) is 76.1 cm³/mol. The van der Waals surface area contributed by atoms with E-state index in [0.29, 0.717) is 13.2 Å². The van der Waals surface area contributed by atoms with E-state index in [1.807, 2.05) is 18.2 Å². The summed E-state index contributed by atoms with van der Waals surface area (Å²) in [4.78, 5) is 2.38. The summed E-state index contributed by atoms with van der Waals surface area (Å²) in [6.07, 6.45) is 0. The minimum atomic E-state index is 0.270. The summed E-state index contributed by atoms with van der Waals surface area (Å²) in [5.41, 5.74) is 1.21. The van der Waals surface area contributed by atoms with Crippen LogP contribution in [0.4, 0.5) is 0 Å². The molecule has 1 atom stereocenters. The van der Waals surface area contributed by atoms with Gasteiger partial charge >= 0.3 is 0 Å². The highest BCUT2D eigenvalue weighted by atomic mass is 32.1. The van der Waals surface area contributed by atoms with Crippen LogP contribution in [0.1, 0.15) is 5.56 Å². The Morgan fingerprint density at radius 3 is 2.67 bits per heavy atom. The Morgan fingerprint density at radius 2 is 1.94 bits per heavy atom. The van der Waals surface area contributed by atoms with Gasteiger partial charge in [0.25, 0.3) is 0 Å². The zero-order chi connectivity index (χ0) is 12.6. The fraction of sp³-hybridized carbons (Fsp3) is 0.571. The number of nitrogens with zero attached hydrogens (tertiary/aromatic N) is 1. The van der Waals surface area contributed by atoms with Gasteiger partial charge < -0.3 is 9.47 Å². The van der Waals surface area contributed by atoms with Gasteiger partial charge in [0.1, 0.15) is 0 Å². The Hall–Kier alpha value is -0.550. The Labute approximate surface area is 114 Å². The van der Waals surface area contributed by atoms with E-state index in [2.05, 4.69) is 29.7 Å². The minimum Gasteiger partial charge on any atom is -0.379 e. The molecule has 100 valence electrons. The number of thiol groups is 1. The summed E-state index contributed by atoms with van der Waals surface area (Å²) in [5, 5.41) is 0.270. The third-order valence-electron chi connectivity index (χ3n) is 2.99. The van der Waals surface area contributed by atoms with Crippen LogP contribution in [0.5, 0.6) is 0 Å². The van der Waals surface area contributed by atoms with Gasteiger partial charge in [-0.15, -0.1) is 0 Å². The Kier molecular flexibility index (Phi) is 6.00. The van der Waals surface area contributed by atoms with Gasteiger partial charge in [0.05, 0.1) is 26.4 Å². The van der Waals surface area contributed by atoms with Crippen LogP contribution in [-0.2, 0) is 16.1 Å². The van der Waals surface area contributed by atoms with Gasteiger partial charge in [-0.05, 0) is 5.56 Å². The molecule has 1 aliphatic rings. The smallest absolute Gasteiger partial charge is 0.0717 e. The fourth-order valence-electron chi connectivity index (χ4n) is 2.02. The van der Waals surface area contributed by atoms with Crippen LogP contribution >= 0.6 is 12.6 Å². The highest BCUT2D eigenvalue weighted by Crippen LogP contribution is 2.06. The molecule has 0 spiro atoms. The molecule has 1 aliphatic heterocycles. The maximum atomic E-state index is 5.69. The van der Waals surface area contributed by atoms with Crippen LogP contribution in [0.2, 0.25) is 0 Å². The van der Waals surface area contributed by atoms with Gasteiger partial charge in [0, 0.05) is 24.9 Å². The van der Waals surface area contributed by atoms with Crippen LogP contribution in [0, 0.1) is 0 Å². The summed E-state index contributed by atoms with van der Waals surface area (Å²) < 4.78 is 11.0. The SMILES string of the molecule is S[C@@H](COCc1ccccc1)CN1CCOCC1. The second kappa shape index (κ2) is 7.79. The number of morpholine rings is 1. The minimum absolute atomic E-state index is 0.270. The fourth-order valence-corrected chi connectivity index (χ4v) is 2.36. The van der Waals surface area contributed by atoms with Crippen molar-refractivity contribution in [2.45, 2.75) is 11.9 Å². The molecule has 0 N–H and O–H groups in total. The summed E-state index contributed by atoms with van der Waals surface area (Å²) in [6.45, 7) is 6.03. The molecule has 1 aromatic rings. The summed E-state index contributed by atoms with van der Waals surface area (Å²) in [7, 11) is 0. The molecule has 1 fully saturated rings. The molecule has 3 nitrogen and oxygen atoms in total. The zero-order valence-corrected chi connectivity index (χ0v) is 11.5. The third kappa shape index (κ3) is 4.98. The lowest BCUT2D eigenvalue weighted by Gasteiger charge is -2.28. The van der Waals surface area contributed by atoms with E-state index in [1.54, 1.807) is 0 Å². The molecule has 18 heavy (non-hydrogen) atoms. The first-order valence-electron chi connectivity index (χ1n) is 6.44. The first-order valence-corrected chi connectivity index (χ1v) is 6.96. The molecule has 4 heteroatoms. The van der Waals surface area contributed by atoms with E-state index in [4.69, 9.17) is 9.47 Å². The first kappa shape index (κ1) is 13.9. The number of hydrogen-bond donors (Lipinski definition) is 1. The van der Waals surface area contributed by atoms with Crippen molar-refractivity contribution in [3.8, 4) is 0 Å². The van der Waals surface area contributed by atoms with E-state index in [-0.39, 0.29) is 5.25 Å². The molecule has 0 bridgehead atoms. The van der Waals surface area contributed by atoms with Crippen molar-refractivity contribution in [2.24, 2.45) is 0 Å². The molecule has 1 heterocycles. The van der Waals surface area contributed by atoms with E-state index in [1.165, 1.54) is 5.56 Å². The maximum absolute atomic E-state index is 5.69. The Balaban J connectivity index is 1.61. The van der Waals surface area contributed by atoms with Crippen LogP contribution in [-0.4, -0.2) is 49.6 Å². The normalized spacial score (nSPS) is 18.7. The maximum Gasteiger partial charge on any atom is 0.0717 e. The molecule has 0 radical (unpaired) electrons. The molecule has 0 aromatic heterocycles. The molecular formula is C14H21NO2S. The molecule has 0 unspecified atom stereocenters. The monoisotopic (exact) mass is 267 g/mol. The second-order valence-corrected chi connectivity index (χ2v) is 5.30. The van der Waals surface area contributed by atoms with Crippen molar-refractivity contribution < 1.29 is 9.47 Å². The second-order valence-electron chi connectivity index (χ2n) is 4.57. The van der Waals surface area contributed by atoms with Crippen molar-refractivity contribution in [1.82, 2.24) is 4.90 Å². The Bertz CT molecular complexity index is 328. The van der Waals surface area contributed by atoms with Gasteiger partial charge in [-0.1, -0.05) is 30.3 Å². The number of rotatable bonds is 6. The molecule has 0 aliphatic carbocycles. The molecule has 0 saturated carbocycles. The zero-order valence-electron chi connectivity index (χ0n) is 10.6. The van der Waals surface area contributed by atoms with E-state index in [9.17, 15) is 0 Å². The highest BCUT2D eigenvalue weighted by Gasteiger charge is 2.14. The van der Waals surface area contributed by atoms with Gasteiger partial charge in [0.15, 0.2) is 0 Å². The summed E-state index contributed by atoms with van der Waals surface area (Å²) in [6, 6.07) is 10.2. The van der Waals surface area contributed by atoms with Crippen molar-refractivity contribution in [3.63, 3.8) is 0 Å². The lowest BCUT2D eigenvalue weighted by Crippen LogP contribution is -2.40. The first-order chi connectivity index (χ1) is 8.84. The highest BCUT2D eigenvalue weighted by molar-refractivity contribution is 7.81. The molecular weight excluding hydrogens is 246 g/mol. The van der Waals surface area contributed by atoms with E-state index >= 15 is 0 Å². The van der Waals surface area contributed by atoms with Crippen LogP contribution in [0.3, 0.4) is 0 Å². The number of ether oxygens (including phenoxy) is 2. The van der Waals surface area contributed by atoms with E-state index in [0.717, 1.165) is 32.8 Å². The van der Waals surface area contributed by atoms with Crippen molar-refractivity contribution in [1.29, 1.82) is 0 Å². The third-order valence-corrected chi connectivity index (χ3v) is 3.31. The largest absolute Gasteiger partial charge is 0.379 e. The Morgan fingerprint density at radius 1 is 1.22 bits per heavy atom. The number of hydrogen-bond acceptors (Lipinski definition) is 4. The standard InChI is InChI=1S/C14H21NO2S/c18-14(10-15-6-8-16-9-7-15)12-17-11-13-4-2-1-3-5-13/h1-5,14,18H,6-12H2/t14-/m1/s1. The van der Waals surface area contributed by atoms with E-state index < -0.39 is 0 Å². The quantitative estimate of drug-likeness (QED) is 0.795. The average molecular weight is 267 g/mol. The molecule has 1 saturated heterocycles. The van der Waals surface area contributed by atoms with Crippen LogP contribution in [0.15, 0.2) is 30.3 Å². The van der Waals surface area contributed by atoms with Crippen LogP contribution in [0.25, 0.3) is 0 Å². The summed E-state index contributed by atoms with van der Waals surface area (Å²) in [5.74, 6) is 0. The molecule has 2 rings (SSSR count). The van der Waals surface area contributed by atoms with Crippen molar-refractivity contribution >= 4 is 12.6 Å². The topological polar surface area (TPSA) is 21.7 Å².